The minimum Gasteiger partial charge on any atom is -0.490 e. The highest BCUT2D eigenvalue weighted by atomic mass is 32.2. The number of rotatable bonds is 6. The molecule has 0 bridgehead atoms. The van der Waals surface area contributed by atoms with E-state index in [2.05, 4.69) is 11.8 Å². The van der Waals surface area contributed by atoms with E-state index in [1.165, 1.54) is 0 Å². The van der Waals surface area contributed by atoms with Gasteiger partial charge in [-0.2, -0.15) is 0 Å². The van der Waals surface area contributed by atoms with E-state index in [1.807, 2.05) is 6.92 Å². The summed E-state index contributed by atoms with van der Waals surface area (Å²) in [7, 11) is 0. The number of terminal acetylenes is 2. The van der Waals surface area contributed by atoms with Gasteiger partial charge in [-0.15, -0.1) is 12.8 Å². The van der Waals surface area contributed by atoms with Gasteiger partial charge in [0.25, 0.3) is 11.1 Å². The molecular formula is C18H15NO4S. The summed E-state index contributed by atoms with van der Waals surface area (Å²) in [4.78, 5) is 25.3. The molecule has 0 aromatic heterocycles. The molecule has 0 spiro atoms. The zero-order valence-corrected chi connectivity index (χ0v) is 13.9. The van der Waals surface area contributed by atoms with Gasteiger partial charge in [-0.3, -0.25) is 14.5 Å². The van der Waals surface area contributed by atoms with Gasteiger partial charge in [-0.1, -0.05) is 17.9 Å². The molecule has 0 aliphatic carbocycles. The van der Waals surface area contributed by atoms with Crippen molar-refractivity contribution in [2.24, 2.45) is 0 Å². The first-order chi connectivity index (χ1) is 11.6. The zero-order valence-electron chi connectivity index (χ0n) is 13.1. The molecule has 0 atom stereocenters. The number of hydrogen-bond acceptors (Lipinski definition) is 5. The highest BCUT2D eigenvalue weighted by Crippen LogP contribution is 2.34. The number of thioether (sulfide) groups is 1. The number of amides is 2. The maximum absolute atomic E-state index is 12.2. The monoisotopic (exact) mass is 341 g/mol. The minimum absolute atomic E-state index is 0.0366. The Bertz CT molecular complexity index is 770. The lowest BCUT2D eigenvalue weighted by atomic mass is 10.2. The number of nitrogens with zero attached hydrogens (tertiary/aromatic N) is 1. The van der Waals surface area contributed by atoms with E-state index < -0.39 is 5.91 Å². The predicted molar refractivity (Wildman–Crippen MR) is 93.4 cm³/mol. The van der Waals surface area contributed by atoms with Gasteiger partial charge >= 0.3 is 0 Å². The third-order valence-electron chi connectivity index (χ3n) is 3.00. The van der Waals surface area contributed by atoms with Crippen LogP contribution in [0.15, 0.2) is 23.1 Å². The second kappa shape index (κ2) is 8.14. The molecule has 1 aromatic carbocycles. The SMILES string of the molecule is C#CCOc1ccc(/C=C2/SC(=O)N(CC#C)C2=O)cc1OCC. The molecule has 0 unspecified atom stereocenters. The summed E-state index contributed by atoms with van der Waals surface area (Å²) in [6, 6.07) is 5.19. The Morgan fingerprint density at radius 1 is 1.21 bits per heavy atom. The van der Waals surface area contributed by atoms with Crippen LogP contribution in [0.2, 0.25) is 0 Å². The first-order valence-corrected chi connectivity index (χ1v) is 7.94. The van der Waals surface area contributed by atoms with Crippen molar-refractivity contribution >= 4 is 29.0 Å². The van der Waals surface area contributed by atoms with Crippen molar-refractivity contribution in [3.8, 4) is 36.2 Å². The molecule has 2 amide bonds. The average Bonchev–Trinajstić information content (AvgIpc) is 2.82. The molecule has 0 saturated carbocycles. The van der Waals surface area contributed by atoms with Crippen molar-refractivity contribution in [3.63, 3.8) is 0 Å². The Kier molecular flexibility index (Phi) is 5.95. The highest BCUT2D eigenvalue weighted by molar-refractivity contribution is 8.18. The lowest BCUT2D eigenvalue weighted by Gasteiger charge is -2.11. The largest absolute Gasteiger partial charge is 0.490 e. The van der Waals surface area contributed by atoms with Crippen molar-refractivity contribution in [2.75, 3.05) is 19.8 Å². The van der Waals surface area contributed by atoms with Crippen LogP contribution in [0, 0.1) is 24.7 Å². The van der Waals surface area contributed by atoms with E-state index in [0.717, 1.165) is 16.7 Å². The van der Waals surface area contributed by atoms with Crippen LogP contribution in [-0.2, 0) is 4.79 Å². The lowest BCUT2D eigenvalue weighted by molar-refractivity contribution is -0.122. The summed E-state index contributed by atoms with van der Waals surface area (Å²) in [5.74, 6) is 5.33. The highest BCUT2D eigenvalue weighted by Gasteiger charge is 2.34. The fourth-order valence-corrected chi connectivity index (χ4v) is 2.84. The van der Waals surface area contributed by atoms with Crippen molar-refractivity contribution in [3.05, 3.63) is 28.7 Å². The maximum atomic E-state index is 12.2. The molecule has 0 radical (unpaired) electrons. The molecule has 1 aliphatic heterocycles. The molecular weight excluding hydrogens is 326 g/mol. The molecule has 1 aliphatic rings. The van der Waals surface area contributed by atoms with E-state index in [9.17, 15) is 9.59 Å². The molecule has 0 N–H and O–H groups in total. The zero-order chi connectivity index (χ0) is 17.5. The molecule has 122 valence electrons. The summed E-state index contributed by atoms with van der Waals surface area (Å²) in [6.07, 6.45) is 12.0. The molecule has 1 aromatic rings. The van der Waals surface area contributed by atoms with Crippen LogP contribution >= 0.6 is 11.8 Å². The second-order valence-electron chi connectivity index (χ2n) is 4.60. The number of ether oxygens (including phenoxy) is 2. The van der Waals surface area contributed by atoms with Crippen LogP contribution in [0.4, 0.5) is 4.79 Å². The van der Waals surface area contributed by atoms with Crippen LogP contribution in [0.1, 0.15) is 12.5 Å². The first kappa shape index (κ1) is 17.5. The smallest absolute Gasteiger partial charge is 0.294 e. The van der Waals surface area contributed by atoms with Crippen molar-refractivity contribution in [1.82, 2.24) is 4.90 Å². The molecule has 1 saturated heterocycles. The van der Waals surface area contributed by atoms with Gasteiger partial charge in [-0.25, -0.2) is 0 Å². The Balaban J connectivity index is 2.28. The summed E-state index contributed by atoms with van der Waals surface area (Å²) in [5.41, 5.74) is 0.706. The van der Waals surface area contributed by atoms with E-state index in [1.54, 1.807) is 24.3 Å². The fraction of sp³-hybridized carbons (Fsp3) is 0.222. The Hall–Kier alpha value is -2.83. The van der Waals surface area contributed by atoms with E-state index >= 15 is 0 Å². The van der Waals surface area contributed by atoms with Crippen LogP contribution < -0.4 is 9.47 Å². The number of imide groups is 1. The van der Waals surface area contributed by atoms with Gasteiger partial charge in [0.15, 0.2) is 11.5 Å². The first-order valence-electron chi connectivity index (χ1n) is 7.12. The Morgan fingerprint density at radius 3 is 2.67 bits per heavy atom. The summed E-state index contributed by atoms with van der Waals surface area (Å²) in [6.45, 7) is 2.40. The Labute approximate surface area is 145 Å². The fourth-order valence-electron chi connectivity index (χ4n) is 2.00. The molecule has 1 heterocycles. The van der Waals surface area contributed by atoms with Crippen molar-refractivity contribution in [2.45, 2.75) is 6.92 Å². The molecule has 1 fully saturated rings. The van der Waals surface area contributed by atoms with Crippen molar-refractivity contribution in [1.29, 1.82) is 0 Å². The van der Waals surface area contributed by atoms with Crippen molar-refractivity contribution < 1.29 is 19.1 Å². The van der Waals surface area contributed by atoms with Gasteiger partial charge in [0.1, 0.15) is 6.61 Å². The van der Waals surface area contributed by atoms with Gasteiger partial charge in [-0.05, 0) is 42.5 Å². The average molecular weight is 341 g/mol. The van der Waals surface area contributed by atoms with Gasteiger partial charge in [0.05, 0.1) is 18.1 Å². The Morgan fingerprint density at radius 2 is 2.00 bits per heavy atom. The quantitative estimate of drug-likeness (QED) is 0.588. The van der Waals surface area contributed by atoms with Gasteiger partial charge < -0.3 is 9.47 Å². The normalized spacial score (nSPS) is 15.3. The number of carbonyl (C=O) groups is 2. The molecule has 2 rings (SSSR count). The van der Waals surface area contributed by atoms with E-state index in [4.69, 9.17) is 22.3 Å². The summed E-state index contributed by atoms with van der Waals surface area (Å²) < 4.78 is 10.9. The predicted octanol–water partition coefficient (Wildman–Crippen LogP) is 2.77. The minimum atomic E-state index is -0.395. The third-order valence-corrected chi connectivity index (χ3v) is 3.91. The lowest BCUT2D eigenvalue weighted by Crippen LogP contribution is -2.28. The van der Waals surface area contributed by atoms with Gasteiger partial charge in [0.2, 0.25) is 0 Å². The van der Waals surface area contributed by atoms with Gasteiger partial charge in [0, 0.05) is 0 Å². The topological polar surface area (TPSA) is 55.8 Å². The van der Waals surface area contributed by atoms with Crippen LogP contribution in [0.5, 0.6) is 11.5 Å². The van der Waals surface area contributed by atoms with Crippen LogP contribution in [0.25, 0.3) is 6.08 Å². The number of hydrogen-bond donors (Lipinski definition) is 0. The van der Waals surface area contributed by atoms with E-state index in [0.29, 0.717) is 28.6 Å². The van der Waals surface area contributed by atoms with Crippen LogP contribution in [-0.4, -0.2) is 35.8 Å². The van der Waals surface area contributed by atoms with Crippen LogP contribution in [0.3, 0.4) is 0 Å². The molecule has 5 nitrogen and oxygen atoms in total. The number of benzene rings is 1. The molecule has 24 heavy (non-hydrogen) atoms. The summed E-state index contributed by atoms with van der Waals surface area (Å²) >= 11 is 0.858. The second-order valence-corrected chi connectivity index (χ2v) is 5.60. The standard InChI is InChI=1S/C18H15NO4S/c1-4-9-19-17(20)16(24-18(19)21)12-13-7-8-14(23-10-5-2)15(11-13)22-6-3/h1-2,7-8,11-12H,6,9-10H2,3H3/b16-12+. The molecule has 6 heteroatoms. The van der Waals surface area contributed by atoms with E-state index in [-0.39, 0.29) is 18.4 Å². The number of carbonyl (C=O) groups excluding carboxylic acids is 2. The third kappa shape index (κ3) is 3.92. The maximum Gasteiger partial charge on any atom is 0.294 e. The summed E-state index contributed by atoms with van der Waals surface area (Å²) in [5, 5.41) is -0.372.